The molecule has 5 nitrogen and oxygen atoms in total. The monoisotopic (exact) mass is 345 g/mol. The Hall–Kier alpha value is -1.88. The van der Waals surface area contributed by atoms with Gasteiger partial charge in [-0.1, -0.05) is 12.5 Å². The Morgan fingerprint density at radius 3 is 2.64 bits per heavy atom. The van der Waals surface area contributed by atoms with E-state index in [0.717, 1.165) is 36.9 Å². The summed E-state index contributed by atoms with van der Waals surface area (Å²) in [6.45, 7) is 0.843. The zero-order valence-electron chi connectivity index (χ0n) is 15.1. The lowest BCUT2D eigenvalue weighted by molar-refractivity contribution is -0.154. The van der Waals surface area contributed by atoms with Crippen molar-refractivity contribution in [2.75, 3.05) is 20.8 Å². The maximum Gasteiger partial charge on any atom is 0.337 e. The Morgan fingerprint density at radius 2 is 2.00 bits per heavy atom. The molecule has 0 amide bonds. The number of hydrogen-bond acceptors (Lipinski definition) is 5. The number of fused-ring (bicyclic) bond motifs is 1. The fourth-order valence-corrected chi connectivity index (χ4v) is 3.94. The van der Waals surface area contributed by atoms with Gasteiger partial charge in [-0.3, -0.25) is 4.79 Å². The molecular weight excluding hydrogens is 318 g/mol. The van der Waals surface area contributed by atoms with Gasteiger partial charge in [0.2, 0.25) is 0 Å². The molecule has 1 unspecified atom stereocenters. The SMILES string of the molecule is COC(=O)c1ccc2c(c1)CCC(CCNC1CCC1)(C(=O)OC)C2. The van der Waals surface area contributed by atoms with E-state index >= 15 is 0 Å². The van der Waals surface area contributed by atoms with Crippen LogP contribution >= 0.6 is 0 Å². The standard InChI is InChI=1S/C20H27NO4/c1-24-18(22)15-6-7-16-13-20(19(23)25-2,9-8-14(16)12-15)10-11-21-17-4-3-5-17/h6-7,12,17,21H,3-5,8-11,13H2,1-2H3. The van der Waals surface area contributed by atoms with Crippen molar-refractivity contribution in [1.29, 1.82) is 0 Å². The van der Waals surface area contributed by atoms with Crippen LogP contribution in [0.15, 0.2) is 18.2 Å². The van der Waals surface area contributed by atoms with Crippen molar-refractivity contribution in [3.63, 3.8) is 0 Å². The molecule has 0 saturated heterocycles. The first kappa shape index (κ1) is 17.9. The molecule has 1 aromatic rings. The Balaban J connectivity index is 1.74. The molecule has 0 aromatic heterocycles. The predicted octanol–water partition coefficient (Wildman–Crippen LogP) is 2.65. The van der Waals surface area contributed by atoms with Crippen LogP contribution in [-0.2, 0) is 27.1 Å². The maximum atomic E-state index is 12.6. The zero-order chi connectivity index (χ0) is 17.9. The molecule has 0 heterocycles. The van der Waals surface area contributed by atoms with Gasteiger partial charge in [0, 0.05) is 6.04 Å². The molecule has 0 radical (unpaired) electrons. The normalized spacial score (nSPS) is 22.6. The second-order valence-corrected chi connectivity index (χ2v) is 7.26. The Morgan fingerprint density at radius 1 is 1.20 bits per heavy atom. The van der Waals surface area contributed by atoms with Crippen LogP contribution in [0.5, 0.6) is 0 Å². The third-order valence-electron chi connectivity index (χ3n) is 5.79. The summed E-state index contributed by atoms with van der Waals surface area (Å²) >= 11 is 0. The molecule has 3 rings (SSSR count). The van der Waals surface area contributed by atoms with Crippen LogP contribution in [0.4, 0.5) is 0 Å². The molecule has 1 saturated carbocycles. The number of benzene rings is 1. The number of nitrogens with one attached hydrogen (secondary N) is 1. The summed E-state index contributed by atoms with van der Waals surface area (Å²) in [5.74, 6) is -0.442. The van der Waals surface area contributed by atoms with Crippen LogP contribution in [0.2, 0.25) is 0 Å². The fraction of sp³-hybridized carbons (Fsp3) is 0.600. The molecule has 2 aliphatic rings. The van der Waals surface area contributed by atoms with Gasteiger partial charge in [0.05, 0.1) is 25.2 Å². The summed E-state index contributed by atoms with van der Waals surface area (Å²) in [4.78, 5) is 24.3. The van der Waals surface area contributed by atoms with Crippen LogP contribution in [-0.4, -0.2) is 38.7 Å². The third-order valence-corrected chi connectivity index (χ3v) is 5.79. The van der Waals surface area contributed by atoms with Gasteiger partial charge in [0.1, 0.15) is 0 Å². The second kappa shape index (κ2) is 7.56. The summed E-state index contributed by atoms with van der Waals surface area (Å²) in [5.41, 5.74) is 2.37. The topological polar surface area (TPSA) is 64.6 Å². The number of aryl methyl sites for hydroxylation is 1. The van der Waals surface area contributed by atoms with Crippen LogP contribution in [0.1, 0.15) is 53.6 Å². The van der Waals surface area contributed by atoms with Gasteiger partial charge in [-0.05, 0) is 68.3 Å². The summed E-state index contributed by atoms with van der Waals surface area (Å²) in [7, 11) is 2.86. The minimum Gasteiger partial charge on any atom is -0.469 e. The minimum absolute atomic E-state index is 0.120. The molecule has 5 heteroatoms. The molecule has 1 fully saturated rings. The Bertz CT molecular complexity index is 653. The van der Waals surface area contributed by atoms with Crippen LogP contribution < -0.4 is 5.32 Å². The fourth-order valence-electron chi connectivity index (χ4n) is 3.94. The van der Waals surface area contributed by atoms with Gasteiger partial charge < -0.3 is 14.8 Å². The smallest absolute Gasteiger partial charge is 0.337 e. The van der Waals surface area contributed by atoms with E-state index in [4.69, 9.17) is 9.47 Å². The van der Waals surface area contributed by atoms with Gasteiger partial charge in [0.25, 0.3) is 0 Å². The lowest BCUT2D eigenvalue weighted by Crippen LogP contribution is -2.43. The van der Waals surface area contributed by atoms with Gasteiger partial charge >= 0.3 is 11.9 Å². The van der Waals surface area contributed by atoms with Gasteiger partial charge in [-0.15, -0.1) is 0 Å². The molecule has 1 atom stereocenters. The van der Waals surface area contributed by atoms with Crippen molar-refractivity contribution in [1.82, 2.24) is 5.32 Å². The number of ether oxygens (including phenoxy) is 2. The average Bonchev–Trinajstić information content (AvgIpc) is 2.61. The Labute approximate surface area is 149 Å². The number of rotatable bonds is 6. The van der Waals surface area contributed by atoms with Crippen LogP contribution in [0.3, 0.4) is 0 Å². The van der Waals surface area contributed by atoms with Gasteiger partial charge in [-0.2, -0.15) is 0 Å². The lowest BCUT2D eigenvalue weighted by atomic mass is 9.69. The zero-order valence-corrected chi connectivity index (χ0v) is 15.1. The summed E-state index contributed by atoms with van der Waals surface area (Å²) in [6.07, 6.45) is 6.77. The summed E-state index contributed by atoms with van der Waals surface area (Å²) in [5, 5.41) is 3.56. The first-order valence-corrected chi connectivity index (χ1v) is 9.10. The van der Waals surface area contributed by atoms with Crippen molar-refractivity contribution < 1.29 is 19.1 Å². The number of esters is 2. The first-order chi connectivity index (χ1) is 12.1. The van der Waals surface area contributed by atoms with E-state index in [1.54, 1.807) is 6.07 Å². The molecule has 0 bridgehead atoms. The molecule has 25 heavy (non-hydrogen) atoms. The summed E-state index contributed by atoms with van der Waals surface area (Å²) < 4.78 is 9.94. The van der Waals surface area contributed by atoms with Crippen molar-refractivity contribution in [2.24, 2.45) is 5.41 Å². The van der Waals surface area contributed by atoms with Crippen molar-refractivity contribution in [3.05, 3.63) is 34.9 Å². The van der Waals surface area contributed by atoms with E-state index in [0.29, 0.717) is 18.0 Å². The molecule has 2 aliphatic carbocycles. The highest BCUT2D eigenvalue weighted by Gasteiger charge is 2.42. The third kappa shape index (κ3) is 3.71. The van der Waals surface area contributed by atoms with E-state index in [-0.39, 0.29) is 11.9 Å². The van der Waals surface area contributed by atoms with Gasteiger partial charge in [0.15, 0.2) is 0 Å². The quantitative estimate of drug-likeness (QED) is 0.803. The highest BCUT2D eigenvalue weighted by Crippen LogP contribution is 2.40. The molecule has 1 N–H and O–H groups in total. The molecule has 1 aromatic carbocycles. The summed E-state index contributed by atoms with van der Waals surface area (Å²) in [6, 6.07) is 6.26. The van der Waals surface area contributed by atoms with Crippen molar-refractivity contribution in [2.45, 2.75) is 51.0 Å². The molecular formula is C20H27NO4. The van der Waals surface area contributed by atoms with E-state index < -0.39 is 5.41 Å². The van der Waals surface area contributed by atoms with Crippen LogP contribution in [0, 0.1) is 5.41 Å². The largest absolute Gasteiger partial charge is 0.469 e. The van der Waals surface area contributed by atoms with Crippen molar-refractivity contribution in [3.8, 4) is 0 Å². The van der Waals surface area contributed by atoms with E-state index in [2.05, 4.69) is 5.32 Å². The average molecular weight is 345 g/mol. The maximum absolute atomic E-state index is 12.6. The lowest BCUT2D eigenvalue weighted by Gasteiger charge is -2.37. The predicted molar refractivity (Wildman–Crippen MR) is 94.5 cm³/mol. The first-order valence-electron chi connectivity index (χ1n) is 9.10. The van der Waals surface area contributed by atoms with E-state index in [1.807, 2.05) is 12.1 Å². The van der Waals surface area contributed by atoms with E-state index in [9.17, 15) is 9.59 Å². The van der Waals surface area contributed by atoms with Gasteiger partial charge in [-0.25, -0.2) is 4.79 Å². The van der Waals surface area contributed by atoms with Crippen molar-refractivity contribution >= 4 is 11.9 Å². The minimum atomic E-state index is -0.467. The Kier molecular flexibility index (Phi) is 5.42. The number of methoxy groups -OCH3 is 2. The highest BCUT2D eigenvalue weighted by atomic mass is 16.5. The number of hydrogen-bond donors (Lipinski definition) is 1. The molecule has 136 valence electrons. The van der Waals surface area contributed by atoms with Crippen LogP contribution in [0.25, 0.3) is 0 Å². The highest BCUT2D eigenvalue weighted by molar-refractivity contribution is 5.89. The second-order valence-electron chi connectivity index (χ2n) is 7.26. The molecule has 0 aliphatic heterocycles. The molecule has 0 spiro atoms. The number of carbonyl (C=O) groups excluding carboxylic acids is 2. The number of carbonyl (C=O) groups is 2. The van der Waals surface area contributed by atoms with E-state index in [1.165, 1.54) is 33.5 Å².